The van der Waals surface area contributed by atoms with Crippen LogP contribution in [0.5, 0.6) is 0 Å². The smallest absolute Gasteiger partial charge is 0.353 e. The minimum absolute atomic E-state index is 0.0828. The van der Waals surface area contributed by atoms with Crippen molar-refractivity contribution in [2.45, 2.75) is 27.0 Å². The first-order chi connectivity index (χ1) is 11.3. The number of hydrogen-bond acceptors (Lipinski definition) is 7. The molecule has 1 unspecified atom stereocenters. The van der Waals surface area contributed by atoms with Gasteiger partial charge in [0.2, 0.25) is 0 Å². The molecule has 3 N–H and O–H groups in total. The molecule has 0 aliphatic rings. The molecule has 0 bridgehead atoms. The number of nitrogens with zero attached hydrogens (tertiary/aromatic N) is 3. The maximum absolute atomic E-state index is 11.8. The van der Waals surface area contributed by atoms with Crippen LogP contribution in [0.15, 0.2) is 15.8 Å². The molecule has 12 heteroatoms. The number of ether oxygens (including phenoxy) is 1. The van der Waals surface area contributed by atoms with Gasteiger partial charge in [0.05, 0.1) is 25.5 Å². The highest BCUT2D eigenvalue weighted by Gasteiger charge is 2.19. The van der Waals surface area contributed by atoms with E-state index in [0.29, 0.717) is 17.0 Å². The molecule has 0 saturated heterocycles. The Morgan fingerprint density at radius 2 is 2.17 bits per heavy atom. The molecule has 132 valence electrons. The van der Waals surface area contributed by atoms with Crippen molar-refractivity contribution in [2.24, 2.45) is 0 Å². The Balaban J connectivity index is 2.06. The van der Waals surface area contributed by atoms with Crippen LogP contribution in [0.1, 0.15) is 23.9 Å². The molecule has 2 aromatic heterocycles. The van der Waals surface area contributed by atoms with Gasteiger partial charge in [-0.25, -0.2) is 4.79 Å². The van der Waals surface area contributed by atoms with E-state index in [9.17, 15) is 19.0 Å². The van der Waals surface area contributed by atoms with Crippen LogP contribution in [0.4, 0.5) is 0 Å². The van der Waals surface area contributed by atoms with Gasteiger partial charge in [0.15, 0.2) is 0 Å². The van der Waals surface area contributed by atoms with Crippen LogP contribution in [0, 0.1) is 6.92 Å². The molecular weight excluding hydrogens is 341 g/mol. The van der Waals surface area contributed by atoms with Gasteiger partial charge < -0.3 is 14.2 Å². The average Bonchev–Trinajstić information content (AvgIpc) is 2.92. The Morgan fingerprint density at radius 1 is 1.42 bits per heavy atom. The molecule has 0 fully saturated rings. The second-order valence-corrected chi connectivity index (χ2v) is 6.76. The molecule has 0 radical (unpaired) electrons. The molecule has 0 amide bonds. The van der Waals surface area contributed by atoms with Crippen LogP contribution >= 0.6 is 7.60 Å². The third-order valence-corrected chi connectivity index (χ3v) is 4.22. The molecule has 2 rings (SSSR count). The molecular formula is C12H18N5O6P. The lowest BCUT2D eigenvalue weighted by molar-refractivity contribution is 0.132. The van der Waals surface area contributed by atoms with E-state index >= 15 is 0 Å². The first kappa shape index (κ1) is 18.3. The van der Waals surface area contributed by atoms with E-state index in [1.54, 1.807) is 13.8 Å². The van der Waals surface area contributed by atoms with Crippen LogP contribution in [-0.2, 0) is 27.0 Å². The number of aromatic amines is 2. The Bertz CT molecular complexity index is 856. The lowest BCUT2D eigenvalue weighted by atomic mass is 10.3. The number of aromatic nitrogens is 5. The molecule has 1 atom stereocenters. The summed E-state index contributed by atoms with van der Waals surface area (Å²) in [6.07, 6.45) is 0.939. The van der Waals surface area contributed by atoms with Crippen molar-refractivity contribution < 1.29 is 18.7 Å². The van der Waals surface area contributed by atoms with Crippen LogP contribution in [0.3, 0.4) is 0 Å². The zero-order valence-corrected chi connectivity index (χ0v) is 14.1. The van der Waals surface area contributed by atoms with E-state index in [1.165, 1.54) is 10.8 Å². The second-order valence-electron chi connectivity index (χ2n) is 4.97. The van der Waals surface area contributed by atoms with Crippen molar-refractivity contribution in [3.8, 4) is 0 Å². The van der Waals surface area contributed by atoms with Crippen molar-refractivity contribution in [1.82, 2.24) is 25.0 Å². The molecule has 0 aliphatic heterocycles. The summed E-state index contributed by atoms with van der Waals surface area (Å²) in [4.78, 5) is 34.8. The van der Waals surface area contributed by atoms with Gasteiger partial charge in [0, 0.05) is 11.8 Å². The van der Waals surface area contributed by atoms with Crippen molar-refractivity contribution >= 4 is 7.60 Å². The predicted octanol–water partition coefficient (Wildman–Crippen LogP) is -0.293. The van der Waals surface area contributed by atoms with Gasteiger partial charge in [-0.15, -0.1) is 5.10 Å². The van der Waals surface area contributed by atoms with E-state index in [4.69, 9.17) is 4.74 Å². The fourth-order valence-corrected chi connectivity index (χ4v) is 2.72. The normalized spacial score (nSPS) is 13.8. The Kier molecular flexibility index (Phi) is 5.84. The predicted molar refractivity (Wildman–Crippen MR) is 82.7 cm³/mol. The highest BCUT2D eigenvalue weighted by atomic mass is 31.2. The monoisotopic (exact) mass is 359 g/mol. The highest BCUT2D eigenvalue weighted by molar-refractivity contribution is 7.52. The minimum atomic E-state index is -3.79. The summed E-state index contributed by atoms with van der Waals surface area (Å²) >= 11 is 0. The zero-order valence-electron chi connectivity index (χ0n) is 13.2. The summed E-state index contributed by atoms with van der Waals surface area (Å²) in [7, 11) is -3.79. The number of rotatable bonds is 8. The standard InChI is InChI=1S/C12H18N5O6P/c1-3-23-24(20,21)7-22-6-10-9(14-16-15-10)5-17-4-8(2)11(18)13-12(17)19/h4H,3,5-7H2,1-2H3,(H,20,21)(H,13,18,19)(H,14,15,16). The van der Waals surface area contributed by atoms with Gasteiger partial charge >= 0.3 is 13.3 Å². The first-order valence-corrected chi connectivity index (χ1v) is 8.82. The lowest BCUT2D eigenvalue weighted by Gasteiger charge is -2.11. The highest BCUT2D eigenvalue weighted by Crippen LogP contribution is 2.41. The van der Waals surface area contributed by atoms with Crippen LogP contribution in [0.25, 0.3) is 0 Å². The topological polar surface area (TPSA) is 152 Å². The van der Waals surface area contributed by atoms with Crippen LogP contribution in [0.2, 0.25) is 0 Å². The molecule has 0 aromatic carbocycles. The van der Waals surface area contributed by atoms with E-state index in [1.807, 2.05) is 0 Å². The van der Waals surface area contributed by atoms with Gasteiger partial charge in [0.25, 0.3) is 5.56 Å². The fourth-order valence-electron chi connectivity index (χ4n) is 1.92. The molecule has 0 spiro atoms. The Labute approximate surface area is 136 Å². The van der Waals surface area contributed by atoms with Crippen LogP contribution in [-0.4, -0.2) is 42.8 Å². The molecule has 2 aromatic rings. The number of aryl methyl sites for hydroxylation is 1. The van der Waals surface area contributed by atoms with Gasteiger partial charge in [0.1, 0.15) is 12.0 Å². The third-order valence-electron chi connectivity index (χ3n) is 3.05. The van der Waals surface area contributed by atoms with Crippen molar-refractivity contribution in [2.75, 3.05) is 13.0 Å². The van der Waals surface area contributed by atoms with Gasteiger partial charge in [-0.05, 0) is 13.8 Å². The Hall–Kier alpha value is -2.07. The fraction of sp³-hybridized carbons (Fsp3) is 0.500. The van der Waals surface area contributed by atoms with Gasteiger partial charge in [-0.2, -0.15) is 0 Å². The number of H-pyrrole nitrogens is 2. The summed E-state index contributed by atoms with van der Waals surface area (Å²) < 4.78 is 22.6. The molecule has 0 saturated carbocycles. The molecule has 2 heterocycles. The maximum atomic E-state index is 11.8. The maximum Gasteiger partial charge on any atom is 0.353 e. The lowest BCUT2D eigenvalue weighted by Crippen LogP contribution is -2.31. The molecule has 11 nitrogen and oxygen atoms in total. The van der Waals surface area contributed by atoms with Crippen LogP contribution < -0.4 is 11.2 Å². The summed E-state index contributed by atoms with van der Waals surface area (Å²) in [5.74, 6) is 0. The zero-order chi connectivity index (χ0) is 17.7. The van der Waals surface area contributed by atoms with E-state index in [2.05, 4.69) is 24.9 Å². The van der Waals surface area contributed by atoms with Crippen molar-refractivity contribution in [3.05, 3.63) is 44.0 Å². The Morgan fingerprint density at radius 3 is 2.88 bits per heavy atom. The first-order valence-electron chi connectivity index (χ1n) is 7.05. The van der Waals surface area contributed by atoms with Gasteiger partial charge in [-0.1, -0.05) is 5.21 Å². The number of hydrogen-bond donors (Lipinski definition) is 3. The van der Waals surface area contributed by atoms with E-state index in [0.717, 1.165) is 0 Å². The quantitative estimate of drug-likeness (QED) is 0.544. The molecule has 0 aliphatic carbocycles. The summed E-state index contributed by atoms with van der Waals surface area (Å²) in [6, 6.07) is 0. The minimum Gasteiger partial charge on any atom is -0.362 e. The van der Waals surface area contributed by atoms with Gasteiger partial charge in [-0.3, -0.25) is 24.0 Å². The van der Waals surface area contributed by atoms with E-state index in [-0.39, 0.29) is 19.8 Å². The summed E-state index contributed by atoms with van der Waals surface area (Å²) in [5, 5.41) is 10.1. The third kappa shape index (κ3) is 4.71. The largest absolute Gasteiger partial charge is 0.362 e. The van der Waals surface area contributed by atoms with Crippen molar-refractivity contribution in [1.29, 1.82) is 0 Å². The summed E-state index contributed by atoms with van der Waals surface area (Å²) in [6.45, 7) is 3.28. The second kappa shape index (κ2) is 7.67. The average molecular weight is 359 g/mol. The number of nitrogens with one attached hydrogen (secondary N) is 2. The summed E-state index contributed by atoms with van der Waals surface area (Å²) in [5.41, 5.74) is 0.230. The van der Waals surface area contributed by atoms with Crippen molar-refractivity contribution in [3.63, 3.8) is 0 Å². The SMILES string of the molecule is CCOP(=O)(O)COCc1nn[nH]c1Cn1cc(C)c(=O)[nH]c1=O. The molecule has 24 heavy (non-hydrogen) atoms. The van der Waals surface area contributed by atoms with E-state index < -0.39 is 25.2 Å².